The van der Waals surface area contributed by atoms with Crippen molar-refractivity contribution in [3.63, 3.8) is 0 Å². The van der Waals surface area contributed by atoms with E-state index in [4.69, 9.17) is 4.74 Å². The quantitative estimate of drug-likeness (QED) is 0.448. The van der Waals surface area contributed by atoms with Crippen LogP contribution >= 0.6 is 0 Å². The predicted molar refractivity (Wildman–Crippen MR) is 148 cm³/mol. The van der Waals surface area contributed by atoms with Crippen LogP contribution in [0.3, 0.4) is 0 Å². The first-order valence-corrected chi connectivity index (χ1v) is 12.4. The Morgan fingerprint density at radius 1 is 1.18 bits per heavy atom. The van der Waals surface area contributed by atoms with Crippen molar-refractivity contribution in [2.75, 3.05) is 52.3 Å². The molecule has 1 N–H and O–H groups in total. The average molecular weight is 521 g/mol. The van der Waals surface area contributed by atoms with Crippen molar-refractivity contribution in [2.24, 2.45) is 0 Å². The molecular weight excluding hydrogens is 487 g/mol. The van der Waals surface area contributed by atoms with Crippen molar-refractivity contribution in [2.45, 2.75) is 13.5 Å². The third kappa shape index (κ3) is 5.02. The highest BCUT2D eigenvalue weighted by Crippen LogP contribution is 2.39. The number of methoxy groups -OCH3 is 1. The normalized spacial score (nSPS) is 14.3. The summed E-state index contributed by atoms with van der Waals surface area (Å²) in [5, 5.41) is 9.68. The van der Waals surface area contributed by atoms with Gasteiger partial charge in [-0.15, -0.1) is 0 Å². The summed E-state index contributed by atoms with van der Waals surface area (Å²) in [6.45, 7) is 8.92. The molecule has 8 nitrogen and oxygen atoms in total. The summed E-state index contributed by atoms with van der Waals surface area (Å²) in [7, 11) is 5.38. The van der Waals surface area contributed by atoms with Crippen molar-refractivity contribution in [1.82, 2.24) is 14.4 Å². The number of ether oxygens (including phenoxy) is 1. The van der Waals surface area contributed by atoms with E-state index in [1.165, 1.54) is 13.3 Å². The number of pyridine rings is 1. The molecule has 0 radical (unpaired) electrons. The van der Waals surface area contributed by atoms with Crippen LogP contribution in [0.4, 0.5) is 10.1 Å². The van der Waals surface area contributed by atoms with E-state index in [2.05, 4.69) is 11.5 Å². The molecule has 0 unspecified atom stereocenters. The monoisotopic (exact) mass is 520 g/mol. The number of benzene rings is 2. The minimum atomic E-state index is -1.38. The molecule has 200 valence electrons. The number of carboxylic acids is 1. The summed E-state index contributed by atoms with van der Waals surface area (Å²) >= 11 is 0. The second-order valence-electron chi connectivity index (χ2n) is 9.48. The Morgan fingerprint density at radius 2 is 1.84 bits per heavy atom. The maximum Gasteiger partial charge on any atom is 0.341 e. The molecule has 2 heterocycles. The molecular formula is C29H33FN4O4. The number of piperazine rings is 1. The lowest BCUT2D eigenvalue weighted by Crippen LogP contribution is -2.46. The van der Waals surface area contributed by atoms with Gasteiger partial charge < -0.3 is 29.1 Å². The van der Waals surface area contributed by atoms with Crippen molar-refractivity contribution in [3.8, 4) is 11.4 Å². The molecule has 3 aromatic rings. The van der Waals surface area contributed by atoms with Gasteiger partial charge >= 0.3 is 5.97 Å². The number of nitrogens with zero attached hydrogens (tertiary/aromatic N) is 4. The Hall–Kier alpha value is -4.11. The largest absolute Gasteiger partial charge is 0.492 e. The first-order valence-electron chi connectivity index (χ1n) is 12.4. The Bertz CT molecular complexity index is 1450. The average Bonchev–Trinajstić information content (AvgIpc) is 2.90. The number of carbonyl (C=O) groups is 1. The summed E-state index contributed by atoms with van der Waals surface area (Å²) in [6.07, 6.45) is 5.08. The van der Waals surface area contributed by atoms with Crippen LogP contribution in [0, 0.1) is 5.82 Å². The number of anilines is 1. The van der Waals surface area contributed by atoms with E-state index < -0.39 is 22.8 Å². The molecule has 0 amide bonds. The van der Waals surface area contributed by atoms with E-state index in [-0.39, 0.29) is 16.8 Å². The molecule has 2 aromatic carbocycles. The summed E-state index contributed by atoms with van der Waals surface area (Å²) < 4.78 is 23.1. The Labute approximate surface area is 221 Å². The van der Waals surface area contributed by atoms with Gasteiger partial charge in [0, 0.05) is 50.3 Å². The molecule has 4 rings (SSSR count). The molecule has 1 saturated heterocycles. The third-order valence-corrected chi connectivity index (χ3v) is 6.78. The highest BCUT2D eigenvalue weighted by atomic mass is 19.1. The van der Waals surface area contributed by atoms with Crippen LogP contribution in [0.5, 0.6) is 5.75 Å². The predicted octanol–water partition coefficient (Wildman–Crippen LogP) is 4.11. The highest BCUT2D eigenvalue weighted by Gasteiger charge is 2.28. The van der Waals surface area contributed by atoms with E-state index in [1.807, 2.05) is 61.2 Å². The molecule has 9 heteroatoms. The zero-order valence-electron chi connectivity index (χ0n) is 22.2. The first-order chi connectivity index (χ1) is 18.2. The Morgan fingerprint density at radius 3 is 2.37 bits per heavy atom. The van der Waals surface area contributed by atoms with Crippen LogP contribution in [0.1, 0.15) is 22.8 Å². The minimum absolute atomic E-state index is 0.0538. The van der Waals surface area contributed by atoms with Crippen LogP contribution in [-0.2, 0) is 6.54 Å². The van der Waals surface area contributed by atoms with Crippen LogP contribution in [0.15, 0.2) is 65.8 Å². The molecule has 0 spiro atoms. The molecule has 0 saturated carbocycles. The summed E-state index contributed by atoms with van der Waals surface area (Å²) in [5.74, 6) is -1.82. The van der Waals surface area contributed by atoms with Crippen molar-refractivity contribution >= 4 is 22.6 Å². The summed E-state index contributed by atoms with van der Waals surface area (Å²) in [6, 6.07) is 8.71. The highest BCUT2D eigenvalue weighted by molar-refractivity contribution is 5.97. The van der Waals surface area contributed by atoms with Gasteiger partial charge in [-0.2, -0.15) is 0 Å². The SMILES string of the molecule is C=C/C(=C\C)N1CCN(c2c(F)cc3c(=O)c(C(=O)O)cn(-c4ccc(CN(C)C)cc4)c3c2OC)CC1. The van der Waals surface area contributed by atoms with Crippen LogP contribution in [0.2, 0.25) is 0 Å². The van der Waals surface area contributed by atoms with Gasteiger partial charge in [-0.05, 0) is 50.9 Å². The lowest BCUT2D eigenvalue weighted by Gasteiger charge is -2.38. The molecule has 1 aliphatic rings. The number of aromatic carboxylic acids is 1. The van der Waals surface area contributed by atoms with Crippen LogP contribution < -0.4 is 15.1 Å². The second kappa shape index (κ2) is 11.1. The molecule has 38 heavy (non-hydrogen) atoms. The number of rotatable bonds is 8. The lowest BCUT2D eigenvalue weighted by molar-refractivity contribution is 0.0695. The number of aromatic nitrogens is 1. The third-order valence-electron chi connectivity index (χ3n) is 6.78. The topological polar surface area (TPSA) is 78.2 Å². The Kier molecular flexibility index (Phi) is 7.87. The van der Waals surface area contributed by atoms with Crippen LogP contribution in [-0.4, -0.2) is 72.8 Å². The molecule has 1 aliphatic heterocycles. The van der Waals surface area contributed by atoms with Crippen LogP contribution in [0.25, 0.3) is 16.6 Å². The maximum atomic E-state index is 15.7. The molecule has 1 aromatic heterocycles. The fourth-order valence-electron chi connectivity index (χ4n) is 5.00. The van der Waals surface area contributed by atoms with Gasteiger partial charge in [-0.25, -0.2) is 9.18 Å². The smallest absolute Gasteiger partial charge is 0.341 e. The minimum Gasteiger partial charge on any atom is -0.492 e. The number of fused-ring (bicyclic) bond motifs is 1. The molecule has 1 fully saturated rings. The Balaban J connectivity index is 1.90. The van der Waals surface area contributed by atoms with E-state index in [9.17, 15) is 14.7 Å². The summed E-state index contributed by atoms with van der Waals surface area (Å²) in [4.78, 5) is 31.2. The lowest BCUT2D eigenvalue weighted by atomic mass is 10.1. The van der Waals surface area contributed by atoms with Gasteiger partial charge in [0.15, 0.2) is 11.6 Å². The maximum absolute atomic E-state index is 15.7. The zero-order valence-corrected chi connectivity index (χ0v) is 22.2. The van der Waals surface area contributed by atoms with Crippen molar-refractivity contribution in [1.29, 1.82) is 0 Å². The van der Waals surface area contributed by atoms with Crippen molar-refractivity contribution in [3.05, 3.63) is 88.1 Å². The standard InChI is InChI=1S/C29H33FN4O4/c1-6-20(7-2)32-12-14-33(15-13-32)26-24(30)16-22-25(28(26)38-5)34(18-23(27(22)35)29(36)37)21-10-8-19(9-11-21)17-31(3)4/h6-11,16,18H,1,12-15,17H2,2-5H3,(H,36,37)/b20-7+. The van der Waals surface area contributed by atoms with E-state index >= 15 is 4.39 Å². The van der Waals surface area contributed by atoms with Gasteiger partial charge in [0.1, 0.15) is 16.8 Å². The summed E-state index contributed by atoms with van der Waals surface area (Å²) in [5.41, 5.74) is 2.08. The van der Waals surface area contributed by atoms with E-state index in [0.717, 1.165) is 23.9 Å². The first kappa shape index (κ1) is 26.9. The van der Waals surface area contributed by atoms with E-state index in [0.29, 0.717) is 37.4 Å². The number of carboxylic acid groups (broad SMARTS) is 1. The fourth-order valence-corrected chi connectivity index (χ4v) is 5.00. The number of hydrogen-bond donors (Lipinski definition) is 1. The van der Waals surface area contributed by atoms with Crippen molar-refractivity contribution < 1.29 is 19.0 Å². The zero-order chi connectivity index (χ0) is 27.6. The van der Waals surface area contributed by atoms with Gasteiger partial charge in [0.25, 0.3) is 0 Å². The van der Waals surface area contributed by atoms with Gasteiger partial charge in [-0.3, -0.25) is 4.79 Å². The molecule has 0 bridgehead atoms. The van der Waals surface area contributed by atoms with E-state index in [1.54, 1.807) is 10.6 Å². The fraction of sp³-hybridized carbons (Fsp3) is 0.310. The number of halogens is 1. The van der Waals surface area contributed by atoms with Gasteiger partial charge in [-0.1, -0.05) is 24.8 Å². The van der Waals surface area contributed by atoms with Gasteiger partial charge in [0.05, 0.1) is 12.5 Å². The molecule has 0 atom stereocenters. The second-order valence-corrected chi connectivity index (χ2v) is 9.48. The van der Waals surface area contributed by atoms with Gasteiger partial charge in [0.2, 0.25) is 5.43 Å². The number of hydrogen-bond acceptors (Lipinski definition) is 6. The number of allylic oxidation sites excluding steroid dienone is 2. The molecule has 0 aliphatic carbocycles.